The lowest BCUT2D eigenvalue weighted by Gasteiger charge is -2.36. The second-order valence-corrected chi connectivity index (χ2v) is 8.70. The van der Waals surface area contributed by atoms with E-state index in [1.54, 1.807) is 0 Å². The Balaban J connectivity index is 1.50. The van der Waals surface area contributed by atoms with Gasteiger partial charge in [0.1, 0.15) is 6.61 Å². The first kappa shape index (κ1) is 23.4. The molecule has 3 aliphatic rings. The van der Waals surface area contributed by atoms with Gasteiger partial charge in [-0.1, -0.05) is 6.42 Å². The maximum atomic E-state index is 13.0. The van der Waals surface area contributed by atoms with Crippen LogP contribution in [0.3, 0.4) is 0 Å². The number of hydrogen-bond donors (Lipinski definition) is 3. The Morgan fingerprint density at radius 2 is 1.91 bits per heavy atom. The Bertz CT molecular complexity index is 907. The van der Waals surface area contributed by atoms with Gasteiger partial charge in [-0.3, -0.25) is 19.7 Å². The molecule has 0 aromatic heterocycles. The van der Waals surface area contributed by atoms with E-state index in [9.17, 15) is 23.2 Å². The predicted octanol–water partition coefficient (Wildman–Crippen LogP) is 1.61. The number of ether oxygens (including phenoxy) is 2. The standard InChI is InChI=1S/C22H28F2N4O5/c23-22(24)33-16-10-14(6-7-15(16)28-8-9-32-11-17(28)29)26-21(31)19(20(25)30)27-18(13-4-5-13)12-2-1-3-12/h6-7,10,12-13,18-19,22,27H,1-5,8-9,11H2,(H2,25,30)(H,26,31)/t18?,19-/m0/s1. The molecular weight excluding hydrogens is 438 g/mol. The summed E-state index contributed by atoms with van der Waals surface area (Å²) < 4.78 is 35.7. The first-order chi connectivity index (χ1) is 15.8. The average Bonchev–Trinajstić information content (AvgIpc) is 3.55. The number of carbonyl (C=O) groups excluding carboxylic acids is 3. The van der Waals surface area contributed by atoms with E-state index in [2.05, 4.69) is 15.4 Å². The van der Waals surface area contributed by atoms with Crippen LogP contribution in [0.2, 0.25) is 0 Å². The lowest BCUT2D eigenvalue weighted by atomic mass is 9.77. The van der Waals surface area contributed by atoms with Crippen molar-refractivity contribution in [3.05, 3.63) is 18.2 Å². The molecule has 4 rings (SSSR count). The van der Waals surface area contributed by atoms with Crippen LogP contribution >= 0.6 is 0 Å². The summed E-state index contributed by atoms with van der Waals surface area (Å²) in [5.41, 5.74) is 5.79. The van der Waals surface area contributed by atoms with Crippen LogP contribution < -0.4 is 26.0 Å². The van der Waals surface area contributed by atoms with E-state index in [0.717, 1.165) is 32.1 Å². The minimum Gasteiger partial charge on any atom is -0.433 e. The summed E-state index contributed by atoms with van der Waals surface area (Å²) >= 11 is 0. The SMILES string of the molecule is NC(=O)[C@H](NC(C1CCC1)C1CC1)C(=O)Nc1ccc(N2CCOCC2=O)c(OC(F)F)c1. The zero-order chi connectivity index (χ0) is 23.5. The second kappa shape index (κ2) is 10.0. The first-order valence-electron chi connectivity index (χ1n) is 11.2. The maximum Gasteiger partial charge on any atom is 0.387 e. The molecule has 11 heteroatoms. The second-order valence-electron chi connectivity index (χ2n) is 8.70. The average molecular weight is 466 g/mol. The Hall–Kier alpha value is -2.79. The highest BCUT2D eigenvalue weighted by atomic mass is 19.3. The van der Waals surface area contributed by atoms with Crippen LogP contribution in [0.15, 0.2) is 18.2 Å². The van der Waals surface area contributed by atoms with Gasteiger partial charge in [0, 0.05) is 24.3 Å². The molecule has 180 valence electrons. The number of nitrogens with one attached hydrogen (secondary N) is 2. The van der Waals surface area contributed by atoms with E-state index in [-0.39, 0.29) is 42.9 Å². The maximum absolute atomic E-state index is 13.0. The van der Waals surface area contributed by atoms with Crippen LogP contribution in [-0.4, -0.2) is 56.2 Å². The molecule has 0 spiro atoms. The Kier molecular flexibility index (Phi) is 7.08. The minimum atomic E-state index is -3.13. The molecule has 4 N–H and O–H groups in total. The highest BCUT2D eigenvalue weighted by molar-refractivity contribution is 6.09. The van der Waals surface area contributed by atoms with Gasteiger partial charge in [-0.25, -0.2) is 0 Å². The molecule has 1 aliphatic heterocycles. The van der Waals surface area contributed by atoms with E-state index in [4.69, 9.17) is 10.5 Å². The number of morpholine rings is 1. The van der Waals surface area contributed by atoms with Gasteiger partial charge in [0.15, 0.2) is 11.8 Å². The number of hydrogen-bond acceptors (Lipinski definition) is 6. The molecule has 1 aromatic rings. The van der Waals surface area contributed by atoms with E-state index in [1.165, 1.54) is 23.1 Å². The zero-order valence-corrected chi connectivity index (χ0v) is 18.1. The van der Waals surface area contributed by atoms with Crippen molar-refractivity contribution in [2.75, 3.05) is 30.0 Å². The molecule has 1 unspecified atom stereocenters. The van der Waals surface area contributed by atoms with Crippen molar-refractivity contribution < 1.29 is 32.6 Å². The van der Waals surface area contributed by atoms with Crippen molar-refractivity contribution in [3.63, 3.8) is 0 Å². The van der Waals surface area contributed by atoms with Crippen molar-refractivity contribution in [1.82, 2.24) is 5.32 Å². The van der Waals surface area contributed by atoms with Gasteiger partial charge in [-0.15, -0.1) is 0 Å². The Labute approximate surface area is 189 Å². The van der Waals surface area contributed by atoms with Gasteiger partial charge >= 0.3 is 6.61 Å². The monoisotopic (exact) mass is 466 g/mol. The van der Waals surface area contributed by atoms with Crippen LogP contribution in [0.4, 0.5) is 20.2 Å². The Morgan fingerprint density at radius 1 is 1.18 bits per heavy atom. The molecular formula is C22H28F2N4O5. The fourth-order valence-corrected chi connectivity index (χ4v) is 4.38. The van der Waals surface area contributed by atoms with E-state index >= 15 is 0 Å². The van der Waals surface area contributed by atoms with Crippen LogP contribution in [0.5, 0.6) is 5.75 Å². The molecule has 9 nitrogen and oxygen atoms in total. The summed E-state index contributed by atoms with van der Waals surface area (Å²) in [6.45, 7) is -2.86. The lowest BCUT2D eigenvalue weighted by molar-refractivity contribution is -0.128. The summed E-state index contributed by atoms with van der Waals surface area (Å²) in [6.07, 6.45) is 5.34. The summed E-state index contributed by atoms with van der Waals surface area (Å²) in [5.74, 6) is -1.29. The fourth-order valence-electron chi connectivity index (χ4n) is 4.38. The predicted molar refractivity (Wildman–Crippen MR) is 115 cm³/mol. The fraction of sp³-hybridized carbons (Fsp3) is 0.591. The van der Waals surface area contributed by atoms with Crippen molar-refractivity contribution >= 4 is 29.1 Å². The number of halogens is 2. The summed E-state index contributed by atoms with van der Waals surface area (Å²) in [6, 6.07) is 2.86. The number of carbonyl (C=O) groups is 3. The first-order valence-corrected chi connectivity index (χ1v) is 11.2. The third-order valence-electron chi connectivity index (χ3n) is 6.41. The van der Waals surface area contributed by atoms with Crippen LogP contribution in [0.1, 0.15) is 32.1 Å². The number of amides is 3. The summed E-state index contributed by atoms with van der Waals surface area (Å²) in [7, 11) is 0. The summed E-state index contributed by atoms with van der Waals surface area (Å²) in [5, 5.41) is 5.71. The van der Waals surface area contributed by atoms with Crippen molar-refractivity contribution in [2.24, 2.45) is 17.6 Å². The van der Waals surface area contributed by atoms with Crippen LogP contribution in [0.25, 0.3) is 0 Å². The van der Waals surface area contributed by atoms with E-state index in [0.29, 0.717) is 11.8 Å². The smallest absolute Gasteiger partial charge is 0.387 e. The number of anilines is 2. The third kappa shape index (κ3) is 5.59. The minimum absolute atomic E-state index is 0.0504. The summed E-state index contributed by atoms with van der Waals surface area (Å²) in [4.78, 5) is 38.4. The lowest BCUT2D eigenvalue weighted by Crippen LogP contribution is -2.56. The van der Waals surface area contributed by atoms with Crippen LogP contribution in [0, 0.1) is 11.8 Å². The number of alkyl halides is 2. The molecule has 2 aliphatic carbocycles. The molecule has 1 aromatic carbocycles. The van der Waals surface area contributed by atoms with Gasteiger partial charge in [-0.2, -0.15) is 8.78 Å². The normalized spacial score (nSPS) is 20.8. The number of nitrogens with two attached hydrogens (primary N) is 1. The molecule has 2 atom stereocenters. The number of nitrogens with zero attached hydrogens (tertiary/aromatic N) is 1. The number of rotatable bonds is 10. The van der Waals surface area contributed by atoms with Crippen molar-refractivity contribution in [2.45, 2.75) is 50.8 Å². The van der Waals surface area contributed by atoms with Crippen molar-refractivity contribution in [3.8, 4) is 5.75 Å². The third-order valence-corrected chi connectivity index (χ3v) is 6.41. The molecule has 33 heavy (non-hydrogen) atoms. The van der Waals surface area contributed by atoms with Gasteiger partial charge in [0.05, 0.1) is 12.3 Å². The Morgan fingerprint density at radius 3 is 2.48 bits per heavy atom. The van der Waals surface area contributed by atoms with Gasteiger partial charge in [0.2, 0.25) is 5.91 Å². The van der Waals surface area contributed by atoms with Crippen LogP contribution in [-0.2, 0) is 19.1 Å². The molecule has 1 heterocycles. The van der Waals surface area contributed by atoms with E-state index in [1.807, 2.05) is 0 Å². The quantitative estimate of drug-likeness (QED) is 0.451. The highest BCUT2D eigenvalue weighted by Crippen LogP contribution is 2.42. The molecule has 3 fully saturated rings. The topological polar surface area (TPSA) is 123 Å². The van der Waals surface area contributed by atoms with Gasteiger partial charge in [0.25, 0.3) is 11.8 Å². The zero-order valence-electron chi connectivity index (χ0n) is 18.1. The molecule has 2 saturated carbocycles. The van der Waals surface area contributed by atoms with E-state index < -0.39 is 30.4 Å². The number of benzene rings is 1. The largest absolute Gasteiger partial charge is 0.433 e. The highest BCUT2D eigenvalue weighted by Gasteiger charge is 2.41. The molecule has 0 radical (unpaired) electrons. The van der Waals surface area contributed by atoms with Crippen molar-refractivity contribution in [1.29, 1.82) is 0 Å². The molecule has 1 saturated heterocycles. The van der Waals surface area contributed by atoms with Gasteiger partial charge in [-0.05, 0) is 49.7 Å². The number of primary amides is 1. The molecule has 0 bridgehead atoms. The molecule has 3 amide bonds. The van der Waals surface area contributed by atoms with Gasteiger partial charge < -0.3 is 25.4 Å².